The Balaban J connectivity index is 2.42. The van der Waals surface area contributed by atoms with Crippen molar-refractivity contribution in [3.63, 3.8) is 0 Å². The fraction of sp³-hybridized carbons (Fsp3) is 0.0556. The summed E-state index contributed by atoms with van der Waals surface area (Å²) in [6.07, 6.45) is 0. The maximum absolute atomic E-state index is 12.9. The molecule has 114 valence electrons. The number of fused-ring (bicyclic) bond motifs is 1. The largest absolute Gasteiger partial charge is 0.507 e. The van der Waals surface area contributed by atoms with Crippen LogP contribution in [0.4, 0.5) is 0 Å². The van der Waals surface area contributed by atoms with Crippen LogP contribution in [-0.2, 0) is 0 Å². The average Bonchev–Trinajstić information content (AvgIpc) is 2.53. The lowest BCUT2D eigenvalue weighted by atomic mass is 9.94. The molecule has 2 aromatic carbocycles. The summed E-state index contributed by atoms with van der Waals surface area (Å²) in [5, 5.41) is 10.3. The van der Waals surface area contributed by atoms with Gasteiger partial charge in [-0.15, -0.1) is 0 Å². The van der Waals surface area contributed by atoms with Crippen LogP contribution in [-0.4, -0.2) is 16.7 Å². The van der Waals surface area contributed by atoms with Crippen molar-refractivity contribution in [3.05, 3.63) is 75.6 Å². The van der Waals surface area contributed by atoms with E-state index in [4.69, 9.17) is 4.42 Å². The molecule has 5 heteroatoms. The van der Waals surface area contributed by atoms with Gasteiger partial charge in [-0.1, -0.05) is 30.3 Å². The molecule has 0 aliphatic carbocycles. The first-order valence-corrected chi connectivity index (χ1v) is 6.90. The van der Waals surface area contributed by atoms with Gasteiger partial charge in [0, 0.05) is 5.39 Å². The molecule has 1 N–H and O–H groups in total. The molecule has 0 aliphatic heterocycles. The summed E-state index contributed by atoms with van der Waals surface area (Å²) in [6.45, 7) is 1.20. The Morgan fingerprint density at radius 2 is 1.61 bits per heavy atom. The number of hydrogen-bond acceptors (Lipinski definition) is 5. The second-order valence-electron chi connectivity index (χ2n) is 5.04. The SMILES string of the molecule is CC(=O)c1c(C(=O)c2ccccc2O)c2ccccc2oc1=O. The standard InChI is InChI=1S/C18H12O5/c1-10(19)15-16(17(21)11-6-2-4-8-13(11)20)12-7-3-5-9-14(12)23-18(15)22/h2-9,20H,1H3. The van der Waals surface area contributed by atoms with E-state index in [9.17, 15) is 19.5 Å². The van der Waals surface area contributed by atoms with Crippen LogP contribution in [0.25, 0.3) is 11.0 Å². The molecule has 0 unspecified atom stereocenters. The number of ketones is 2. The highest BCUT2D eigenvalue weighted by Gasteiger charge is 2.25. The number of benzene rings is 2. The van der Waals surface area contributed by atoms with Crippen LogP contribution in [0.15, 0.2) is 57.7 Å². The predicted octanol–water partition coefficient (Wildman–Crippen LogP) is 2.93. The van der Waals surface area contributed by atoms with Gasteiger partial charge in [-0.05, 0) is 25.1 Å². The van der Waals surface area contributed by atoms with E-state index in [0.29, 0.717) is 5.39 Å². The second-order valence-corrected chi connectivity index (χ2v) is 5.04. The molecular weight excluding hydrogens is 296 g/mol. The molecule has 0 radical (unpaired) electrons. The van der Waals surface area contributed by atoms with Crippen LogP contribution < -0.4 is 5.63 Å². The van der Waals surface area contributed by atoms with Crippen molar-refractivity contribution in [1.82, 2.24) is 0 Å². The monoisotopic (exact) mass is 308 g/mol. The molecule has 0 atom stereocenters. The summed E-state index contributed by atoms with van der Waals surface area (Å²) in [5.41, 5.74) is -0.996. The van der Waals surface area contributed by atoms with E-state index in [1.165, 1.54) is 19.1 Å². The first-order valence-electron chi connectivity index (χ1n) is 6.90. The van der Waals surface area contributed by atoms with Crippen molar-refractivity contribution >= 4 is 22.5 Å². The Hall–Kier alpha value is -3.21. The van der Waals surface area contributed by atoms with Crippen molar-refractivity contribution in [2.75, 3.05) is 0 Å². The maximum Gasteiger partial charge on any atom is 0.347 e. The van der Waals surface area contributed by atoms with Gasteiger partial charge in [0.1, 0.15) is 16.9 Å². The lowest BCUT2D eigenvalue weighted by Crippen LogP contribution is -2.19. The number of carbonyl (C=O) groups is 2. The quantitative estimate of drug-likeness (QED) is 0.594. The van der Waals surface area contributed by atoms with E-state index in [0.717, 1.165) is 0 Å². The Bertz CT molecular complexity index is 998. The Morgan fingerprint density at radius 1 is 0.957 bits per heavy atom. The van der Waals surface area contributed by atoms with Crippen LogP contribution in [0.3, 0.4) is 0 Å². The predicted molar refractivity (Wildman–Crippen MR) is 84.0 cm³/mol. The highest BCUT2D eigenvalue weighted by Crippen LogP contribution is 2.26. The van der Waals surface area contributed by atoms with E-state index in [-0.39, 0.29) is 28.0 Å². The molecule has 0 bridgehead atoms. The van der Waals surface area contributed by atoms with Crippen LogP contribution in [0, 0.1) is 0 Å². The van der Waals surface area contributed by atoms with Gasteiger partial charge in [0.05, 0.1) is 11.1 Å². The minimum Gasteiger partial charge on any atom is -0.507 e. The first kappa shape index (κ1) is 14.7. The summed E-state index contributed by atoms with van der Waals surface area (Å²) in [7, 11) is 0. The molecule has 0 amide bonds. The van der Waals surface area contributed by atoms with Gasteiger partial charge in [0.2, 0.25) is 0 Å². The molecule has 5 nitrogen and oxygen atoms in total. The summed E-state index contributed by atoms with van der Waals surface area (Å²) < 4.78 is 5.12. The van der Waals surface area contributed by atoms with Crippen LogP contribution in [0.5, 0.6) is 5.75 Å². The molecule has 0 saturated heterocycles. The minimum atomic E-state index is -0.866. The summed E-state index contributed by atoms with van der Waals surface area (Å²) >= 11 is 0. The van der Waals surface area contributed by atoms with Crippen molar-refractivity contribution in [3.8, 4) is 5.75 Å². The number of para-hydroxylation sites is 2. The lowest BCUT2D eigenvalue weighted by Gasteiger charge is -2.09. The third-order valence-corrected chi connectivity index (χ3v) is 3.54. The molecular formula is C18H12O5. The Kier molecular flexibility index (Phi) is 3.54. The van der Waals surface area contributed by atoms with E-state index < -0.39 is 17.2 Å². The normalized spacial score (nSPS) is 10.7. The lowest BCUT2D eigenvalue weighted by molar-refractivity contribution is 0.0986. The number of carbonyl (C=O) groups excluding carboxylic acids is 2. The van der Waals surface area contributed by atoms with Crippen molar-refractivity contribution in [2.45, 2.75) is 6.92 Å². The number of hydrogen-bond donors (Lipinski definition) is 1. The fourth-order valence-corrected chi connectivity index (χ4v) is 2.51. The molecule has 3 rings (SSSR count). The summed E-state index contributed by atoms with van der Waals surface area (Å²) in [6, 6.07) is 12.4. The Labute approximate surface area is 130 Å². The minimum absolute atomic E-state index is 0.0192. The van der Waals surface area contributed by atoms with Gasteiger partial charge >= 0.3 is 5.63 Å². The van der Waals surface area contributed by atoms with Crippen LogP contribution in [0.1, 0.15) is 33.2 Å². The average molecular weight is 308 g/mol. The van der Waals surface area contributed by atoms with Crippen LogP contribution >= 0.6 is 0 Å². The van der Waals surface area contributed by atoms with E-state index in [1.807, 2.05) is 0 Å². The Morgan fingerprint density at radius 3 is 2.30 bits per heavy atom. The molecule has 3 aromatic rings. The summed E-state index contributed by atoms with van der Waals surface area (Å²) in [4.78, 5) is 36.9. The van der Waals surface area contributed by atoms with E-state index in [2.05, 4.69) is 0 Å². The van der Waals surface area contributed by atoms with Gasteiger partial charge in [-0.3, -0.25) is 9.59 Å². The number of phenols is 1. The zero-order valence-corrected chi connectivity index (χ0v) is 12.2. The molecule has 0 spiro atoms. The number of aromatic hydroxyl groups is 1. The second kappa shape index (κ2) is 5.53. The zero-order valence-electron chi connectivity index (χ0n) is 12.2. The number of Topliss-reactive ketones (excluding diaryl/α,β-unsaturated/α-hetero) is 1. The molecule has 0 aliphatic rings. The van der Waals surface area contributed by atoms with E-state index in [1.54, 1.807) is 36.4 Å². The highest BCUT2D eigenvalue weighted by atomic mass is 16.4. The van der Waals surface area contributed by atoms with Gasteiger partial charge < -0.3 is 9.52 Å². The molecule has 1 heterocycles. The smallest absolute Gasteiger partial charge is 0.347 e. The van der Waals surface area contributed by atoms with Gasteiger partial charge in [0.15, 0.2) is 11.6 Å². The molecule has 23 heavy (non-hydrogen) atoms. The highest BCUT2D eigenvalue weighted by molar-refractivity contribution is 6.21. The molecule has 0 fully saturated rings. The van der Waals surface area contributed by atoms with Gasteiger partial charge in [-0.2, -0.15) is 0 Å². The number of rotatable bonds is 3. The van der Waals surface area contributed by atoms with Gasteiger partial charge in [-0.25, -0.2) is 4.79 Å². The third kappa shape index (κ3) is 2.42. The van der Waals surface area contributed by atoms with Crippen molar-refractivity contribution < 1.29 is 19.1 Å². The topological polar surface area (TPSA) is 84.6 Å². The fourth-order valence-electron chi connectivity index (χ4n) is 2.51. The first-order chi connectivity index (χ1) is 11.0. The zero-order chi connectivity index (χ0) is 16.6. The molecule has 0 saturated carbocycles. The van der Waals surface area contributed by atoms with E-state index >= 15 is 0 Å². The third-order valence-electron chi connectivity index (χ3n) is 3.54. The van der Waals surface area contributed by atoms with Crippen molar-refractivity contribution in [2.24, 2.45) is 0 Å². The van der Waals surface area contributed by atoms with Gasteiger partial charge in [0.25, 0.3) is 0 Å². The maximum atomic E-state index is 12.9. The number of phenolic OH excluding ortho intramolecular Hbond substituents is 1. The van der Waals surface area contributed by atoms with Crippen molar-refractivity contribution in [1.29, 1.82) is 0 Å². The van der Waals surface area contributed by atoms with Crippen LogP contribution in [0.2, 0.25) is 0 Å². The molecule has 1 aromatic heterocycles. The summed E-state index contributed by atoms with van der Waals surface area (Å²) in [5.74, 6) is -1.38.